The van der Waals surface area contributed by atoms with Crippen LogP contribution >= 0.6 is 0 Å². The van der Waals surface area contributed by atoms with Crippen LogP contribution in [-0.2, 0) is 16.0 Å². The summed E-state index contributed by atoms with van der Waals surface area (Å²) in [6.07, 6.45) is 1.10. The van der Waals surface area contributed by atoms with Gasteiger partial charge in [-0.25, -0.2) is 0 Å². The molecule has 1 aromatic heterocycles. The monoisotopic (exact) mass is 299 g/mol. The summed E-state index contributed by atoms with van der Waals surface area (Å²) in [5.74, 6) is -0.152. The summed E-state index contributed by atoms with van der Waals surface area (Å²) in [7, 11) is 1.45. The molecule has 2 aliphatic heterocycles. The summed E-state index contributed by atoms with van der Waals surface area (Å²) in [4.78, 5) is 19.9. The van der Waals surface area contributed by atoms with Gasteiger partial charge in [0.2, 0.25) is 0 Å². The second-order valence-corrected chi connectivity index (χ2v) is 6.18. The molecule has 2 aromatic rings. The first kappa shape index (κ1) is 13.8. The average Bonchev–Trinajstić information content (AvgIpc) is 2.94. The maximum atomic E-state index is 11.5. The average molecular weight is 299 g/mol. The number of benzene rings is 1. The number of fused-ring (bicyclic) bond motifs is 5. The largest absolute Gasteiger partial charge is 0.468 e. The highest BCUT2D eigenvalue weighted by molar-refractivity contribution is 5.85. The topological polar surface area (TPSA) is 48.6 Å². The number of nitrogens with one attached hydrogen (secondary N) is 1. The number of methoxy groups -OCH3 is 1. The third kappa shape index (κ3) is 2.21. The molecular formula is C17H21N3O2. The fraction of sp³-hybridized carbons (Fsp3) is 0.471. The van der Waals surface area contributed by atoms with Crippen molar-refractivity contribution in [1.82, 2.24) is 14.8 Å². The Morgan fingerprint density at radius 1 is 1.32 bits per heavy atom. The number of H-pyrrole nitrogens is 1. The lowest BCUT2D eigenvalue weighted by Crippen LogP contribution is -2.52. The standard InChI is InChI=1S/C17H21N3O2/c1-22-16(21)11-19-8-9-20-7-6-13-12-4-2-3-5-14(12)18-17(13)15(20)10-19/h2-5,15,18H,6-11H2,1H3. The highest BCUT2D eigenvalue weighted by atomic mass is 16.5. The molecule has 1 atom stereocenters. The van der Waals surface area contributed by atoms with Crippen LogP contribution in [0, 0.1) is 0 Å². The number of hydrogen-bond donors (Lipinski definition) is 1. The zero-order valence-electron chi connectivity index (χ0n) is 12.8. The van der Waals surface area contributed by atoms with E-state index >= 15 is 0 Å². The van der Waals surface area contributed by atoms with Gasteiger partial charge in [-0.05, 0) is 18.1 Å². The van der Waals surface area contributed by atoms with Gasteiger partial charge in [-0.1, -0.05) is 18.2 Å². The third-order valence-electron chi connectivity index (χ3n) is 4.98. The normalized spacial score (nSPS) is 22.3. The SMILES string of the molecule is COC(=O)CN1CCN2CCc3c([nH]c4ccccc34)C2C1. The lowest BCUT2D eigenvalue weighted by molar-refractivity contribution is -0.142. The first-order valence-electron chi connectivity index (χ1n) is 7.89. The highest BCUT2D eigenvalue weighted by Gasteiger charge is 2.35. The molecule has 3 heterocycles. The molecule has 0 aliphatic carbocycles. The highest BCUT2D eigenvalue weighted by Crippen LogP contribution is 2.36. The van der Waals surface area contributed by atoms with Crippen molar-refractivity contribution in [2.45, 2.75) is 12.5 Å². The molecule has 116 valence electrons. The summed E-state index contributed by atoms with van der Waals surface area (Å²) < 4.78 is 4.80. The van der Waals surface area contributed by atoms with E-state index < -0.39 is 0 Å². The van der Waals surface area contributed by atoms with Gasteiger partial charge in [0, 0.05) is 42.8 Å². The van der Waals surface area contributed by atoms with E-state index in [1.54, 1.807) is 0 Å². The first-order chi connectivity index (χ1) is 10.8. The fourth-order valence-electron chi connectivity index (χ4n) is 3.84. The van der Waals surface area contributed by atoms with Crippen LogP contribution in [-0.4, -0.2) is 60.6 Å². The van der Waals surface area contributed by atoms with Gasteiger partial charge in [0.15, 0.2) is 0 Å². The molecule has 5 nitrogen and oxygen atoms in total. The van der Waals surface area contributed by atoms with Crippen LogP contribution < -0.4 is 0 Å². The lowest BCUT2D eigenvalue weighted by Gasteiger charge is -2.43. The molecule has 0 radical (unpaired) electrons. The van der Waals surface area contributed by atoms with Crippen molar-refractivity contribution in [3.05, 3.63) is 35.5 Å². The predicted molar refractivity (Wildman–Crippen MR) is 84.8 cm³/mol. The van der Waals surface area contributed by atoms with E-state index in [1.165, 1.54) is 29.3 Å². The van der Waals surface area contributed by atoms with Gasteiger partial charge in [0.05, 0.1) is 19.7 Å². The Balaban J connectivity index is 1.65. The minimum Gasteiger partial charge on any atom is -0.468 e. The molecule has 0 bridgehead atoms. The molecule has 4 rings (SSSR count). The van der Waals surface area contributed by atoms with Crippen molar-refractivity contribution in [2.75, 3.05) is 39.8 Å². The third-order valence-corrected chi connectivity index (χ3v) is 4.98. The minimum atomic E-state index is -0.152. The Morgan fingerprint density at radius 2 is 2.18 bits per heavy atom. The first-order valence-corrected chi connectivity index (χ1v) is 7.89. The molecule has 1 aromatic carbocycles. The number of aromatic amines is 1. The van der Waals surface area contributed by atoms with E-state index in [1.807, 2.05) is 0 Å². The summed E-state index contributed by atoms with van der Waals surface area (Å²) in [5.41, 5.74) is 4.01. The van der Waals surface area contributed by atoms with Crippen LogP contribution in [0.5, 0.6) is 0 Å². The Morgan fingerprint density at radius 3 is 3.05 bits per heavy atom. The Labute approximate surface area is 129 Å². The lowest BCUT2D eigenvalue weighted by atomic mass is 9.95. The number of ether oxygens (including phenoxy) is 1. The summed E-state index contributed by atoms with van der Waals surface area (Å²) >= 11 is 0. The summed E-state index contributed by atoms with van der Waals surface area (Å²) in [6, 6.07) is 8.89. The van der Waals surface area contributed by atoms with Crippen molar-refractivity contribution >= 4 is 16.9 Å². The van der Waals surface area contributed by atoms with Crippen molar-refractivity contribution in [1.29, 1.82) is 0 Å². The van der Waals surface area contributed by atoms with Crippen molar-refractivity contribution in [3.8, 4) is 0 Å². The number of piperazine rings is 1. The van der Waals surface area contributed by atoms with Crippen LogP contribution in [0.1, 0.15) is 17.3 Å². The van der Waals surface area contributed by atoms with E-state index in [2.05, 4.69) is 39.0 Å². The molecule has 0 amide bonds. The van der Waals surface area contributed by atoms with E-state index in [0.717, 1.165) is 32.6 Å². The zero-order chi connectivity index (χ0) is 15.1. The zero-order valence-corrected chi connectivity index (χ0v) is 12.8. The van der Waals surface area contributed by atoms with Crippen LogP contribution in [0.3, 0.4) is 0 Å². The van der Waals surface area contributed by atoms with Crippen LogP contribution in [0.4, 0.5) is 0 Å². The Bertz CT molecular complexity index is 709. The van der Waals surface area contributed by atoms with Crippen molar-refractivity contribution in [2.24, 2.45) is 0 Å². The Kier molecular flexibility index (Phi) is 3.39. The Hall–Kier alpha value is -1.85. The van der Waals surface area contributed by atoms with Crippen molar-refractivity contribution < 1.29 is 9.53 Å². The molecule has 0 spiro atoms. The quantitative estimate of drug-likeness (QED) is 0.855. The predicted octanol–water partition coefficient (Wildman–Crippen LogP) is 1.56. The van der Waals surface area contributed by atoms with E-state index in [0.29, 0.717) is 12.6 Å². The van der Waals surface area contributed by atoms with E-state index in [-0.39, 0.29) is 5.97 Å². The molecule has 2 aliphatic rings. The molecule has 22 heavy (non-hydrogen) atoms. The number of carbonyl (C=O) groups excluding carboxylic acids is 1. The van der Waals surface area contributed by atoms with Crippen molar-refractivity contribution in [3.63, 3.8) is 0 Å². The molecule has 1 fully saturated rings. The maximum Gasteiger partial charge on any atom is 0.319 e. The van der Waals surface area contributed by atoms with Crippen LogP contribution in [0.15, 0.2) is 24.3 Å². The molecule has 1 N–H and O–H groups in total. The number of rotatable bonds is 2. The molecule has 0 saturated carbocycles. The maximum absolute atomic E-state index is 11.5. The number of nitrogens with zero attached hydrogens (tertiary/aromatic N) is 2. The molecule has 1 saturated heterocycles. The smallest absolute Gasteiger partial charge is 0.319 e. The minimum absolute atomic E-state index is 0.152. The van der Waals surface area contributed by atoms with Gasteiger partial charge in [0.1, 0.15) is 0 Å². The van der Waals surface area contributed by atoms with Crippen LogP contribution in [0.25, 0.3) is 10.9 Å². The molecule has 5 heteroatoms. The van der Waals surface area contributed by atoms with Gasteiger partial charge in [-0.15, -0.1) is 0 Å². The van der Waals surface area contributed by atoms with Crippen LogP contribution in [0.2, 0.25) is 0 Å². The number of esters is 1. The second-order valence-electron chi connectivity index (χ2n) is 6.18. The number of para-hydroxylation sites is 1. The molecular weight excluding hydrogens is 278 g/mol. The number of hydrogen-bond acceptors (Lipinski definition) is 4. The van der Waals surface area contributed by atoms with E-state index in [9.17, 15) is 4.79 Å². The van der Waals surface area contributed by atoms with Gasteiger partial charge in [-0.3, -0.25) is 14.6 Å². The second kappa shape index (κ2) is 5.41. The molecule has 1 unspecified atom stereocenters. The van der Waals surface area contributed by atoms with Gasteiger partial charge in [0.25, 0.3) is 0 Å². The number of carbonyl (C=O) groups is 1. The number of aromatic nitrogens is 1. The van der Waals surface area contributed by atoms with Gasteiger partial charge >= 0.3 is 5.97 Å². The van der Waals surface area contributed by atoms with Gasteiger partial charge < -0.3 is 9.72 Å². The van der Waals surface area contributed by atoms with E-state index in [4.69, 9.17) is 4.74 Å². The fourth-order valence-corrected chi connectivity index (χ4v) is 3.84. The summed E-state index contributed by atoms with van der Waals surface area (Å²) in [6.45, 7) is 4.31. The van der Waals surface area contributed by atoms with Gasteiger partial charge in [-0.2, -0.15) is 0 Å². The summed E-state index contributed by atoms with van der Waals surface area (Å²) in [5, 5.41) is 1.35.